The highest BCUT2D eigenvalue weighted by Crippen LogP contribution is 2.10. The van der Waals surface area contributed by atoms with Crippen LogP contribution in [0.25, 0.3) is 0 Å². The number of aromatic nitrogens is 2. The van der Waals surface area contributed by atoms with E-state index in [9.17, 15) is 4.79 Å². The second kappa shape index (κ2) is 5.97. The summed E-state index contributed by atoms with van der Waals surface area (Å²) in [6.45, 7) is 4.75. The number of hydrogen-bond donors (Lipinski definition) is 1. The van der Waals surface area contributed by atoms with Gasteiger partial charge in [0, 0.05) is 38.9 Å². The van der Waals surface area contributed by atoms with Crippen molar-refractivity contribution in [2.24, 2.45) is 0 Å². The van der Waals surface area contributed by atoms with E-state index < -0.39 is 0 Å². The molecule has 19 heavy (non-hydrogen) atoms. The number of nitrogens with zero attached hydrogens (tertiary/aromatic N) is 4. The molecule has 0 unspecified atom stereocenters. The van der Waals surface area contributed by atoms with Gasteiger partial charge in [0.05, 0.1) is 13.1 Å². The van der Waals surface area contributed by atoms with Gasteiger partial charge in [0.25, 0.3) is 0 Å². The standard InChI is InChI=1S/C13H21N5O/c1-10-7-11(14-2)16-12(15-10)8-18-6-4-5-17(3)13(19)9-18/h7H,4-6,8-9H2,1-3H3,(H,14,15,16). The number of rotatable bonds is 3. The SMILES string of the molecule is CNc1cc(C)nc(CN2CCCN(C)C(=O)C2)n1. The first-order valence-electron chi connectivity index (χ1n) is 6.57. The smallest absolute Gasteiger partial charge is 0.236 e. The van der Waals surface area contributed by atoms with Gasteiger partial charge in [-0.3, -0.25) is 9.69 Å². The van der Waals surface area contributed by atoms with Crippen molar-refractivity contribution in [1.82, 2.24) is 19.8 Å². The Morgan fingerprint density at radius 1 is 1.37 bits per heavy atom. The summed E-state index contributed by atoms with van der Waals surface area (Å²) in [5, 5.41) is 3.03. The molecule has 1 aliphatic rings. The number of anilines is 1. The molecule has 0 atom stereocenters. The van der Waals surface area contributed by atoms with E-state index in [0.29, 0.717) is 13.1 Å². The molecule has 0 aromatic carbocycles. The molecule has 1 N–H and O–H groups in total. The van der Waals surface area contributed by atoms with Crippen molar-refractivity contribution in [2.75, 3.05) is 39.0 Å². The van der Waals surface area contributed by atoms with Gasteiger partial charge in [-0.1, -0.05) is 0 Å². The van der Waals surface area contributed by atoms with Gasteiger partial charge in [-0.2, -0.15) is 0 Å². The van der Waals surface area contributed by atoms with E-state index in [1.54, 1.807) is 4.90 Å². The lowest BCUT2D eigenvalue weighted by Gasteiger charge is -2.18. The molecule has 6 heteroatoms. The molecule has 0 radical (unpaired) electrons. The van der Waals surface area contributed by atoms with Crippen LogP contribution < -0.4 is 5.32 Å². The number of hydrogen-bond acceptors (Lipinski definition) is 5. The van der Waals surface area contributed by atoms with Gasteiger partial charge in [0.2, 0.25) is 5.91 Å². The van der Waals surface area contributed by atoms with Crippen LogP contribution in [0.4, 0.5) is 5.82 Å². The zero-order valence-electron chi connectivity index (χ0n) is 11.8. The second-order valence-electron chi connectivity index (χ2n) is 4.94. The number of nitrogens with one attached hydrogen (secondary N) is 1. The van der Waals surface area contributed by atoms with E-state index in [1.165, 1.54) is 0 Å². The number of carbonyl (C=O) groups is 1. The molecular formula is C13H21N5O. The summed E-state index contributed by atoms with van der Waals surface area (Å²) in [7, 11) is 3.70. The predicted molar refractivity (Wildman–Crippen MR) is 73.8 cm³/mol. The van der Waals surface area contributed by atoms with Crippen LogP contribution in [0.1, 0.15) is 17.9 Å². The van der Waals surface area contributed by atoms with Gasteiger partial charge in [0.15, 0.2) is 0 Å². The fourth-order valence-electron chi connectivity index (χ4n) is 2.21. The molecule has 1 fully saturated rings. The third-order valence-electron chi connectivity index (χ3n) is 3.27. The highest BCUT2D eigenvalue weighted by Gasteiger charge is 2.19. The Morgan fingerprint density at radius 3 is 2.89 bits per heavy atom. The molecule has 0 spiro atoms. The molecule has 6 nitrogen and oxygen atoms in total. The van der Waals surface area contributed by atoms with Crippen LogP contribution in [0, 0.1) is 6.92 Å². The molecule has 1 aromatic heterocycles. The maximum Gasteiger partial charge on any atom is 0.236 e. The van der Waals surface area contributed by atoms with Crippen LogP contribution in [0.5, 0.6) is 0 Å². The van der Waals surface area contributed by atoms with Crippen LogP contribution in [0.15, 0.2) is 6.07 Å². The van der Waals surface area contributed by atoms with E-state index in [1.807, 2.05) is 27.1 Å². The highest BCUT2D eigenvalue weighted by atomic mass is 16.2. The van der Waals surface area contributed by atoms with E-state index in [-0.39, 0.29) is 5.91 Å². The van der Waals surface area contributed by atoms with Crippen molar-refractivity contribution in [3.63, 3.8) is 0 Å². The monoisotopic (exact) mass is 263 g/mol. The van der Waals surface area contributed by atoms with E-state index in [0.717, 1.165) is 36.8 Å². The first-order chi connectivity index (χ1) is 9.08. The van der Waals surface area contributed by atoms with Gasteiger partial charge in [0.1, 0.15) is 11.6 Å². The maximum absolute atomic E-state index is 11.8. The lowest BCUT2D eigenvalue weighted by molar-refractivity contribution is -0.130. The quantitative estimate of drug-likeness (QED) is 0.860. The number of carbonyl (C=O) groups excluding carboxylic acids is 1. The van der Waals surface area contributed by atoms with Crippen molar-refractivity contribution < 1.29 is 4.79 Å². The number of amides is 1. The Hall–Kier alpha value is -1.69. The molecule has 0 aliphatic carbocycles. The number of likely N-dealkylation sites (N-methyl/N-ethyl adjacent to an activating group) is 1. The van der Waals surface area contributed by atoms with E-state index in [4.69, 9.17) is 0 Å². The van der Waals surface area contributed by atoms with Gasteiger partial charge >= 0.3 is 0 Å². The van der Waals surface area contributed by atoms with Crippen LogP contribution in [0.2, 0.25) is 0 Å². The van der Waals surface area contributed by atoms with Crippen molar-refractivity contribution in [2.45, 2.75) is 19.9 Å². The average molecular weight is 263 g/mol. The van der Waals surface area contributed by atoms with Gasteiger partial charge in [-0.15, -0.1) is 0 Å². The molecule has 1 saturated heterocycles. The normalized spacial score (nSPS) is 17.4. The fraction of sp³-hybridized carbons (Fsp3) is 0.615. The van der Waals surface area contributed by atoms with Crippen LogP contribution >= 0.6 is 0 Å². The molecule has 2 heterocycles. The van der Waals surface area contributed by atoms with Gasteiger partial charge in [-0.05, 0) is 13.3 Å². The molecule has 104 valence electrons. The minimum atomic E-state index is 0.166. The summed E-state index contributed by atoms with van der Waals surface area (Å²) in [5.74, 6) is 1.75. The molecule has 2 rings (SSSR count). The first kappa shape index (κ1) is 13.7. The molecule has 0 saturated carbocycles. The minimum Gasteiger partial charge on any atom is -0.373 e. The van der Waals surface area contributed by atoms with Gasteiger partial charge in [-0.25, -0.2) is 9.97 Å². The topological polar surface area (TPSA) is 61.4 Å². The number of aryl methyl sites for hydroxylation is 1. The Bertz CT molecular complexity index is 462. The largest absolute Gasteiger partial charge is 0.373 e. The summed E-state index contributed by atoms with van der Waals surface area (Å²) >= 11 is 0. The lowest BCUT2D eigenvalue weighted by atomic mass is 10.3. The minimum absolute atomic E-state index is 0.166. The molecule has 1 aliphatic heterocycles. The summed E-state index contributed by atoms with van der Waals surface area (Å²) < 4.78 is 0. The summed E-state index contributed by atoms with van der Waals surface area (Å²) in [6.07, 6.45) is 0.993. The summed E-state index contributed by atoms with van der Waals surface area (Å²) in [4.78, 5) is 24.6. The Balaban J connectivity index is 2.07. The van der Waals surface area contributed by atoms with E-state index in [2.05, 4.69) is 20.2 Å². The van der Waals surface area contributed by atoms with Crippen LogP contribution in [0.3, 0.4) is 0 Å². The van der Waals surface area contributed by atoms with E-state index >= 15 is 0 Å². The zero-order valence-corrected chi connectivity index (χ0v) is 11.8. The third-order valence-corrected chi connectivity index (χ3v) is 3.27. The van der Waals surface area contributed by atoms with Crippen molar-refractivity contribution in [1.29, 1.82) is 0 Å². The Morgan fingerprint density at radius 2 is 2.16 bits per heavy atom. The summed E-state index contributed by atoms with van der Waals surface area (Å²) in [5.41, 5.74) is 0.938. The molecule has 0 bridgehead atoms. The van der Waals surface area contributed by atoms with Crippen LogP contribution in [-0.4, -0.2) is 59.4 Å². The molecule has 1 amide bonds. The average Bonchev–Trinajstić information content (AvgIpc) is 2.51. The molecule has 1 aromatic rings. The Labute approximate surface area is 113 Å². The van der Waals surface area contributed by atoms with Crippen molar-refractivity contribution in [3.8, 4) is 0 Å². The first-order valence-corrected chi connectivity index (χ1v) is 6.57. The lowest BCUT2D eigenvalue weighted by Crippen LogP contribution is -2.34. The summed E-state index contributed by atoms with van der Waals surface area (Å²) in [6, 6.07) is 1.91. The highest BCUT2D eigenvalue weighted by molar-refractivity contribution is 5.78. The molecular weight excluding hydrogens is 242 g/mol. The fourth-order valence-corrected chi connectivity index (χ4v) is 2.21. The predicted octanol–water partition coefficient (Wildman–Crippen LogP) is 0.491. The van der Waals surface area contributed by atoms with Crippen molar-refractivity contribution >= 4 is 11.7 Å². The van der Waals surface area contributed by atoms with Gasteiger partial charge < -0.3 is 10.2 Å². The second-order valence-corrected chi connectivity index (χ2v) is 4.94. The van der Waals surface area contributed by atoms with Crippen molar-refractivity contribution in [3.05, 3.63) is 17.6 Å². The van der Waals surface area contributed by atoms with Crippen LogP contribution in [-0.2, 0) is 11.3 Å². The third kappa shape index (κ3) is 3.64. The maximum atomic E-state index is 11.8. The Kier molecular flexibility index (Phi) is 4.31. The zero-order chi connectivity index (χ0) is 13.8.